The zero-order valence-electron chi connectivity index (χ0n) is 21.1. The molecule has 3 aromatic rings. The number of rotatable bonds is 4. The van der Waals surface area contributed by atoms with Gasteiger partial charge >= 0.3 is 0 Å². The Balaban J connectivity index is 1.48. The molecule has 3 heterocycles. The van der Waals surface area contributed by atoms with Crippen LogP contribution in [0.4, 0.5) is 18.9 Å². The van der Waals surface area contributed by atoms with Crippen LogP contribution in [0, 0.1) is 23.4 Å². The van der Waals surface area contributed by atoms with Crippen molar-refractivity contribution in [2.24, 2.45) is 11.7 Å². The third kappa shape index (κ3) is 4.86. The number of aliphatic hydroxyl groups is 1. The largest absolute Gasteiger partial charge is 0.490 e. The van der Waals surface area contributed by atoms with Crippen LogP contribution in [-0.4, -0.2) is 33.6 Å². The van der Waals surface area contributed by atoms with E-state index >= 15 is 8.78 Å². The summed E-state index contributed by atoms with van der Waals surface area (Å²) in [6, 6.07) is 4.87. The molecule has 38 heavy (non-hydrogen) atoms. The lowest BCUT2D eigenvalue weighted by Crippen LogP contribution is -2.31. The van der Waals surface area contributed by atoms with E-state index in [-0.39, 0.29) is 42.0 Å². The maximum Gasteiger partial charge on any atom is 0.274 e. The Bertz CT molecular complexity index is 1390. The molecular formula is C28H29F3N4O3. The van der Waals surface area contributed by atoms with E-state index in [1.807, 2.05) is 6.07 Å². The van der Waals surface area contributed by atoms with Crippen molar-refractivity contribution in [1.29, 1.82) is 0 Å². The number of hydrogen-bond acceptors (Lipinski definition) is 6. The highest BCUT2D eigenvalue weighted by Crippen LogP contribution is 2.43. The first kappa shape index (κ1) is 26.1. The number of benzene rings is 1. The van der Waals surface area contributed by atoms with Crippen LogP contribution in [0.15, 0.2) is 36.7 Å². The molecule has 4 atom stereocenters. The quantitative estimate of drug-likeness (QED) is 0.440. The molecule has 1 unspecified atom stereocenters. The normalized spacial score (nSPS) is 24.9. The molecule has 10 heteroatoms. The maximum absolute atomic E-state index is 15.4. The number of fused-ring (bicyclic) bond motifs is 1. The number of carbonyl (C=O) groups is 1. The van der Waals surface area contributed by atoms with Gasteiger partial charge in [-0.3, -0.25) is 9.78 Å². The number of nitrogens with zero attached hydrogens (tertiary/aromatic N) is 2. The van der Waals surface area contributed by atoms with E-state index in [1.165, 1.54) is 13.1 Å². The number of pyridine rings is 2. The summed E-state index contributed by atoms with van der Waals surface area (Å²) in [6.07, 6.45) is 5.92. The van der Waals surface area contributed by atoms with Gasteiger partial charge in [0.15, 0.2) is 11.6 Å². The number of nitrogens with two attached hydrogens (primary N) is 1. The Morgan fingerprint density at radius 1 is 1.18 bits per heavy atom. The SMILES string of the molecule is C[C@@H]1C[C@H](N)C[C@H](c2ccncc2NC(=O)c2ccc(F)c(-c3c(F)cc4c(c3F)OCCC4(C)O)n2)C1. The number of aromatic nitrogens is 2. The van der Waals surface area contributed by atoms with Crippen molar-refractivity contribution in [1.82, 2.24) is 9.97 Å². The molecule has 5 rings (SSSR count). The summed E-state index contributed by atoms with van der Waals surface area (Å²) in [7, 11) is 0. The first-order chi connectivity index (χ1) is 18.0. The monoisotopic (exact) mass is 526 g/mol. The number of carbonyl (C=O) groups excluding carboxylic acids is 1. The summed E-state index contributed by atoms with van der Waals surface area (Å²) >= 11 is 0. The molecule has 0 saturated heterocycles. The van der Waals surface area contributed by atoms with E-state index in [9.17, 15) is 14.3 Å². The van der Waals surface area contributed by atoms with Crippen LogP contribution in [0.1, 0.15) is 67.1 Å². The smallest absolute Gasteiger partial charge is 0.274 e. The summed E-state index contributed by atoms with van der Waals surface area (Å²) in [5, 5.41) is 13.3. The van der Waals surface area contributed by atoms with Gasteiger partial charge in [0.1, 0.15) is 23.0 Å². The third-order valence-corrected chi connectivity index (χ3v) is 7.43. The summed E-state index contributed by atoms with van der Waals surface area (Å²) in [6.45, 7) is 3.56. The average molecular weight is 527 g/mol. The Hall–Kier alpha value is -3.50. The minimum atomic E-state index is -1.51. The molecule has 1 saturated carbocycles. The van der Waals surface area contributed by atoms with E-state index in [2.05, 4.69) is 22.2 Å². The van der Waals surface area contributed by atoms with Gasteiger partial charge in [-0.25, -0.2) is 18.2 Å². The van der Waals surface area contributed by atoms with E-state index in [1.54, 1.807) is 6.20 Å². The van der Waals surface area contributed by atoms with E-state index < -0.39 is 40.2 Å². The van der Waals surface area contributed by atoms with E-state index in [0.717, 1.165) is 43.0 Å². The van der Waals surface area contributed by atoms with Crippen LogP contribution in [0.3, 0.4) is 0 Å². The molecular weight excluding hydrogens is 497 g/mol. The molecule has 200 valence electrons. The van der Waals surface area contributed by atoms with Gasteiger partial charge in [0.25, 0.3) is 5.91 Å². The van der Waals surface area contributed by atoms with Gasteiger partial charge in [-0.05, 0) is 67.9 Å². The van der Waals surface area contributed by atoms with Crippen LogP contribution in [0.2, 0.25) is 0 Å². The molecule has 2 aliphatic rings. The number of hydrogen-bond donors (Lipinski definition) is 3. The van der Waals surface area contributed by atoms with Gasteiger partial charge in [0, 0.05) is 24.2 Å². The second-order valence-electron chi connectivity index (χ2n) is 10.5. The first-order valence-electron chi connectivity index (χ1n) is 12.6. The third-order valence-electron chi connectivity index (χ3n) is 7.43. The zero-order chi connectivity index (χ0) is 27.2. The lowest BCUT2D eigenvalue weighted by Gasteiger charge is -2.32. The molecule has 0 bridgehead atoms. The van der Waals surface area contributed by atoms with Crippen molar-refractivity contribution in [3.05, 3.63) is 70.9 Å². The van der Waals surface area contributed by atoms with Crippen LogP contribution in [0.5, 0.6) is 5.75 Å². The van der Waals surface area contributed by atoms with Crippen LogP contribution in [0.25, 0.3) is 11.3 Å². The Kier molecular flexibility index (Phi) is 6.87. The number of ether oxygens (including phenoxy) is 1. The molecule has 0 spiro atoms. The maximum atomic E-state index is 15.4. The molecule has 1 aliphatic carbocycles. The van der Waals surface area contributed by atoms with E-state index in [4.69, 9.17) is 10.5 Å². The molecule has 1 aliphatic heterocycles. The molecule has 4 N–H and O–H groups in total. The van der Waals surface area contributed by atoms with Crippen molar-refractivity contribution in [3.63, 3.8) is 0 Å². The van der Waals surface area contributed by atoms with Gasteiger partial charge in [0.05, 0.1) is 29.7 Å². The zero-order valence-corrected chi connectivity index (χ0v) is 21.1. The second kappa shape index (κ2) is 9.99. The van der Waals surface area contributed by atoms with Crippen LogP contribution >= 0.6 is 0 Å². The molecule has 0 radical (unpaired) electrons. The highest BCUT2D eigenvalue weighted by molar-refractivity contribution is 6.03. The molecule has 7 nitrogen and oxygen atoms in total. The number of nitrogens with one attached hydrogen (secondary N) is 1. The summed E-state index contributed by atoms with van der Waals surface area (Å²) < 4.78 is 50.7. The molecule has 1 aromatic carbocycles. The average Bonchev–Trinajstić information content (AvgIpc) is 2.85. The molecule has 1 fully saturated rings. The minimum Gasteiger partial charge on any atom is -0.490 e. The highest BCUT2D eigenvalue weighted by Gasteiger charge is 2.36. The Morgan fingerprint density at radius 2 is 1.97 bits per heavy atom. The predicted octanol–water partition coefficient (Wildman–Crippen LogP) is 5.03. The van der Waals surface area contributed by atoms with Crippen molar-refractivity contribution in [3.8, 4) is 17.0 Å². The Morgan fingerprint density at radius 3 is 2.74 bits per heavy atom. The highest BCUT2D eigenvalue weighted by atomic mass is 19.1. The number of anilines is 1. The number of amides is 1. The van der Waals surface area contributed by atoms with E-state index in [0.29, 0.717) is 11.6 Å². The van der Waals surface area contributed by atoms with Crippen molar-refractivity contribution < 1.29 is 27.8 Å². The lowest BCUT2D eigenvalue weighted by molar-refractivity contribution is 0.0126. The minimum absolute atomic E-state index is 0.00152. The van der Waals surface area contributed by atoms with Crippen LogP contribution in [-0.2, 0) is 5.60 Å². The van der Waals surface area contributed by atoms with Crippen LogP contribution < -0.4 is 15.8 Å². The van der Waals surface area contributed by atoms with Gasteiger partial charge in [-0.15, -0.1) is 0 Å². The standard InChI is InChI=1S/C28H29F3N4O3/c1-14-9-15(11-16(32)10-14)17-5-7-33-13-22(17)35-27(36)21-4-3-19(29)25(34-21)23-20(30)12-18-26(24(23)31)38-8-6-28(18,2)37/h3-5,7,12-16,37H,6,8-11,32H2,1-2H3,(H,35,36)/t14-,15+,16-,28?/m0/s1. The van der Waals surface area contributed by atoms with Gasteiger partial charge in [-0.1, -0.05) is 6.92 Å². The van der Waals surface area contributed by atoms with Gasteiger partial charge in [0.2, 0.25) is 0 Å². The van der Waals surface area contributed by atoms with Crippen molar-refractivity contribution in [2.75, 3.05) is 11.9 Å². The lowest BCUT2D eigenvalue weighted by atomic mass is 9.76. The fraction of sp³-hybridized carbons (Fsp3) is 0.393. The Labute approximate surface area is 218 Å². The topological polar surface area (TPSA) is 110 Å². The van der Waals surface area contributed by atoms with Crippen molar-refractivity contribution >= 4 is 11.6 Å². The van der Waals surface area contributed by atoms with Crippen molar-refractivity contribution in [2.45, 2.75) is 57.1 Å². The summed E-state index contributed by atoms with van der Waals surface area (Å²) in [5.74, 6) is -3.85. The van der Waals surface area contributed by atoms with Gasteiger partial charge < -0.3 is 20.9 Å². The number of halogens is 3. The molecule has 1 amide bonds. The van der Waals surface area contributed by atoms with Gasteiger partial charge in [-0.2, -0.15) is 0 Å². The summed E-state index contributed by atoms with van der Waals surface area (Å²) in [5.41, 5.74) is 4.31. The molecule has 2 aromatic heterocycles. The fourth-order valence-electron chi connectivity index (χ4n) is 5.55. The fourth-order valence-corrected chi connectivity index (χ4v) is 5.55. The predicted molar refractivity (Wildman–Crippen MR) is 135 cm³/mol. The first-order valence-corrected chi connectivity index (χ1v) is 12.6. The summed E-state index contributed by atoms with van der Waals surface area (Å²) in [4.78, 5) is 21.3. The second-order valence-corrected chi connectivity index (χ2v) is 10.5.